The predicted octanol–water partition coefficient (Wildman–Crippen LogP) is 3.66. The molecule has 5 nitrogen and oxygen atoms in total. The minimum atomic E-state index is -0.220. The number of hydrogen-bond acceptors (Lipinski definition) is 3. The molecule has 2 aromatic carbocycles. The van der Waals surface area contributed by atoms with Crippen LogP contribution in [0.3, 0.4) is 0 Å². The van der Waals surface area contributed by atoms with Crippen LogP contribution < -0.4 is 10.6 Å². The van der Waals surface area contributed by atoms with Crippen molar-refractivity contribution >= 4 is 17.5 Å². The molecule has 0 bridgehead atoms. The van der Waals surface area contributed by atoms with Gasteiger partial charge in [0.05, 0.1) is 6.04 Å². The van der Waals surface area contributed by atoms with Crippen molar-refractivity contribution in [3.63, 3.8) is 0 Å². The van der Waals surface area contributed by atoms with E-state index in [1.807, 2.05) is 69.3 Å². The maximum atomic E-state index is 12.8. The number of aryl methyl sites for hydroxylation is 2. The summed E-state index contributed by atoms with van der Waals surface area (Å²) in [6.07, 6.45) is 1.56. The number of nitrogens with one attached hydrogen (secondary N) is 2. The van der Waals surface area contributed by atoms with E-state index in [2.05, 4.69) is 15.5 Å². The van der Waals surface area contributed by atoms with Crippen LogP contribution >= 0.6 is 0 Å². The number of carbonyl (C=O) groups is 2. The molecule has 0 unspecified atom stereocenters. The fourth-order valence-electron chi connectivity index (χ4n) is 3.88. The molecular formula is C24H31N3O2. The van der Waals surface area contributed by atoms with Gasteiger partial charge in [0, 0.05) is 18.2 Å². The van der Waals surface area contributed by atoms with Gasteiger partial charge in [-0.25, -0.2) is 0 Å². The molecule has 0 aromatic heterocycles. The maximum absolute atomic E-state index is 12.8. The van der Waals surface area contributed by atoms with Gasteiger partial charge in [-0.15, -0.1) is 0 Å². The van der Waals surface area contributed by atoms with Gasteiger partial charge in [0.25, 0.3) is 0 Å². The van der Waals surface area contributed by atoms with Crippen LogP contribution in [-0.4, -0.2) is 35.8 Å². The van der Waals surface area contributed by atoms with Gasteiger partial charge in [-0.2, -0.15) is 0 Å². The van der Waals surface area contributed by atoms with Gasteiger partial charge in [0.15, 0.2) is 0 Å². The topological polar surface area (TPSA) is 61.4 Å². The number of amides is 2. The van der Waals surface area contributed by atoms with Crippen LogP contribution in [0.1, 0.15) is 36.5 Å². The molecule has 29 heavy (non-hydrogen) atoms. The predicted molar refractivity (Wildman–Crippen MR) is 117 cm³/mol. The number of carbonyl (C=O) groups excluding carboxylic acids is 2. The fraction of sp³-hybridized carbons (Fsp3) is 0.417. The smallest absolute Gasteiger partial charge is 0.241 e. The van der Waals surface area contributed by atoms with E-state index in [1.54, 1.807) is 0 Å². The van der Waals surface area contributed by atoms with Crippen molar-refractivity contribution in [1.29, 1.82) is 0 Å². The molecule has 0 spiro atoms. The Labute approximate surface area is 173 Å². The average molecular weight is 394 g/mol. The van der Waals surface area contributed by atoms with Gasteiger partial charge < -0.3 is 10.6 Å². The molecule has 2 aromatic rings. The lowest BCUT2D eigenvalue weighted by Crippen LogP contribution is -2.48. The van der Waals surface area contributed by atoms with Gasteiger partial charge in [-0.1, -0.05) is 48.5 Å². The second kappa shape index (κ2) is 9.70. The van der Waals surface area contributed by atoms with Crippen molar-refractivity contribution in [2.24, 2.45) is 5.92 Å². The first kappa shape index (κ1) is 21.1. The standard InChI is InChI=1S/C24H31N3O2/c1-17-8-7-9-18(2)22(17)26-23(28)19(3)27-14-12-21(13-15-27)24(29)25-16-20-10-5-4-6-11-20/h4-11,19,21H,12-16H2,1-3H3,(H,25,29)(H,26,28)/t19-/m1/s1. The lowest BCUT2D eigenvalue weighted by molar-refractivity contribution is -0.127. The summed E-state index contributed by atoms with van der Waals surface area (Å²) >= 11 is 0. The monoisotopic (exact) mass is 393 g/mol. The van der Waals surface area contributed by atoms with E-state index in [9.17, 15) is 9.59 Å². The van der Waals surface area contributed by atoms with Crippen LogP contribution in [-0.2, 0) is 16.1 Å². The van der Waals surface area contributed by atoms with Crippen LogP contribution in [0.25, 0.3) is 0 Å². The highest BCUT2D eigenvalue weighted by Crippen LogP contribution is 2.22. The lowest BCUT2D eigenvalue weighted by Gasteiger charge is -2.35. The summed E-state index contributed by atoms with van der Waals surface area (Å²) in [5, 5.41) is 6.13. The first-order valence-electron chi connectivity index (χ1n) is 10.4. The van der Waals surface area contributed by atoms with Crippen molar-refractivity contribution in [2.45, 2.75) is 46.2 Å². The summed E-state index contributed by atoms with van der Waals surface area (Å²) in [5.74, 6) is 0.138. The third-order valence-corrected chi connectivity index (χ3v) is 5.87. The number of nitrogens with zero attached hydrogens (tertiary/aromatic N) is 1. The van der Waals surface area contributed by atoms with Crippen LogP contribution in [0.4, 0.5) is 5.69 Å². The summed E-state index contributed by atoms with van der Waals surface area (Å²) in [6, 6.07) is 15.7. The van der Waals surface area contributed by atoms with E-state index in [-0.39, 0.29) is 23.8 Å². The molecule has 0 saturated carbocycles. The Morgan fingerprint density at radius 3 is 2.24 bits per heavy atom. The van der Waals surface area contributed by atoms with Gasteiger partial charge >= 0.3 is 0 Å². The van der Waals surface area contributed by atoms with Gasteiger partial charge in [-0.05, 0) is 63.4 Å². The fourth-order valence-corrected chi connectivity index (χ4v) is 3.88. The maximum Gasteiger partial charge on any atom is 0.241 e. The van der Waals surface area contributed by atoms with Crippen molar-refractivity contribution in [1.82, 2.24) is 10.2 Å². The van der Waals surface area contributed by atoms with E-state index in [1.165, 1.54) is 0 Å². The first-order chi connectivity index (χ1) is 14.0. The number of benzene rings is 2. The second-order valence-corrected chi connectivity index (χ2v) is 7.95. The average Bonchev–Trinajstić information content (AvgIpc) is 2.75. The molecule has 154 valence electrons. The largest absolute Gasteiger partial charge is 0.352 e. The molecule has 1 aliphatic rings. The van der Waals surface area contributed by atoms with Crippen LogP contribution in [0.5, 0.6) is 0 Å². The van der Waals surface area contributed by atoms with Crippen molar-refractivity contribution in [3.8, 4) is 0 Å². The number of anilines is 1. The Bertz CT molecular complexity index is 822. The lowest BCUT2D eigenvalue weighted by atomic mass is 9.94. The van der Waals surface area contributed by atoms with Gasteiger partial charge in [0.1, 0.15) is 0 Å². The molecule has 0 aliphatic carbocycles. The molecule has 5 heteroatoms. The first-order valence-corrected chi connectivity index (χ1v) is 10.4. The molecule has 1 aliphatic heterocycles. The van der Waals surface area contributed by atoms with Crippen molar-refractivity contribution in [3.05, 3.63) is 65.2 Å². The van der Waals surface area contributed by atoms with E-state index in [4.69, 9.17) is 0 Å². The van der Waals surface area contributed by atoms with Crippen molar-refractivity contribution < 1.29 is 9.59 Å². The molecular weight excluding hydrogens is 362 g/mol. The molecule has 1 fully saturated rings. The number of likely N-dealkylation sites (tertiary alicyclic amines) is 1. The van der Waals surface area contributed by atoms with E-state index in [0.29, 0.717) is 6.54 Å². The zero-order valence-corrected chi connectivity index (χ0v) is 17.6. The zero-order valence-electron chi connectivity index (χ0n) is 17.6. The Morgan fingerprint density at radius 1 is 1.00 bits per heavy atom. The SMILES string of the molecule is Cc1cccc(C)c1NC(=O)[C@@H](C)N1CCC(C(=O)NCc2ccccc2)CC1. The summed E-state index contributed by atoms with van der Waals surface area (Å²) in [6.45, 7) is 8.03. The molecule has 3 rings (SSSR count). The molecule has 1 atom stereocenters. The van der Waals surface area contributed by atoms with Crippen LogP contribution in [0, 0.1) is 19.8 Å². The number of para-hydroxylation sites is 1. The Kier molecular flexibility index (Phi) is 7.04. The third kappa shape index (κ3) is 5.45. The quantitative estimate of drug-likeness (QED) is 0.787. The minimum absolute atomic E-state index is 0.00868. The summed E-state index contributed by atoms with van der Waals surface area (Å²) in [4.78, 5) is 27.4. The van der Waals surface area contributed by atoms with E-state index >= 15 is 0 Å². The second-order valence-electron chi connectivity index (χ2n) is 7.95. The molecule has 0 radical (unpaired) electrons. The minimum Gasteiger partial charge on any atom is -0.352 e. The van der Waals surface area contributed by atoms with Crippen LogP contribution in [0.15, 0.2) is 48.5 Å². The number of hydrogen-bond donors (Lipinski definition) is 2. The Balaban J connectivity index is 1.48. The Morgan fingerprint density at radius 2 is 1.62 bits per heavy atom. The van der Waals surface area contributed by atoms with Gasteiger partial charge in [0.2, 0.25) is 11.8 Å². The summed E-state index contributed by atoms with van der Waals surface area (Å²) in [5.41, 5.74) is 4.15. The molecule has 1 heterocycles. The van der Waals surface area contributed by atoms with Crippen molar-refractivity contribution in [2.75, 3.05) is 18.4 Å². The highest BCUT2D eigenvalue weighted by molar-refractivity contribution is 5.95. The highest BCUT2D eigenvalue weighted by Gasteiger charge is 2.29. The summed E-state index contributed by atoms with van der Waals surface area (Å²) < 4.78 is 0. The third-order valence-electron chi connectivity index (χ3n) is 5.87. The van der Waals surface area contributed by atoms with E-state index < -0.39 is 0 Å². The Hall–Kier alpha value is -2.66. The molecule has 2 N–H and O–H groups in total. The number of rotatable bonds is 6. The normalized spacial score (nSPS) is 16.2. The molecule has 2 amide bonds. The zero-order chi connectivity index (χ0) is 20.8. The highest BCUT2D eigenvalue weighted by atomic mass is 16.2. The van der Waals surface area contributed by atoms with E-state index in [0.717, 1.165) is 48.3 Å². The summed E-state index contributed by atoms with van der Waals surface area (Å²) in [7, 11) is 0. The van der Waals surface area contributed by atoms with Gasteiger partial charge in [-0.3, -0.25) is 14.5 Å². The van der Waals surface area contributed by atoms with Crippen LogP contribution in [0.2, 0.25) is 0 Å². The molecule has 1 saturated heterocycles. The number of piperidine rings is 1.